The number of amides is 2. The number of nitrogens with one attached hydrogen (secondary N) is 2. The van der Waals surface area contributed by atoms with Gasteiger partial charge in [0.1, 0.15) is 11.5 Å². The molecule has 0 unspecified atom stereocenters. The van der Waals surface area contributed by atoms with Crippen molar-refractivity contribution in [3.63, 3.8) is 0 Å². The van der Waals surface area contributed by atoms with Crippen molar-refractivity contribution in [3.8, 4) is 5.75 Å². The minimum Gasteiger partial charge on any atom is -0.484 e. The van der Waals surface area contributed by atoms with Crippen molar-refractivity contribution < 1.29 is 18.7 Å². The molecule has 8 heteroatoms. The van der Waals surface area contributed by atoms with Crippen LogP contribution in [0.15, 0.2) is 50.6 Å². The SMILES string of the molecule is CC(=O)Nc1ccc(OCC(=O)N/N=C/c2ccc(Br)o2)cc1. The molecule has 0 spiro atoms. The van der Waals surface area contributed by atoms with Crippen LogP contribution in [0, 0.1) is 0 Å². The van der Waals surface area contributed by atoms with Crippen LogP contribution in [0.3, 0.4) is 0 Å². The number of carbonyl (C=O) groups is 2. The summed E-state index contributed by atoms with van der Waals surface area (Å²) >= 11 is 3.16. The maximum absolute atomic E-state index is 11.6. The third-order valence-electron chi connectivity index (χ3n) is 2.52. The van der Waals surface area contributed by atoms with Crippen molar-refractivity contribution in [2.45, 2.75) is 6.92 Å². The van der Waals surface area contributed by atoms with Crippen molar-refractivity contribution in [2.24, 2.45) is 5.10 Å². The number of benzene rings is 1. The number of nitrogens with zero attached hydrogens (tertiary/aromatic N) is 1. The van der Waals surface area contributed by atoms with Crippen LogP contribution >= 0.6 is 15.9 Å². The van der Waals surface area contributed by atoms with Gasteiger partial charge in [-0.05, 0) is 52.3 Å². The number of rotatable bonds is 6. The normalized spacial score (nSPS) is 10.5. The zero-order valence-corrected chi connectivity index (χ0v) is 13.8. The first-order chi connectivity index (χ1) is 11.0. The average molecular weight is 380 g/mol. The Morgan fingerprint density at radius 1 is 1.26 bits per heavy atom. The highest BCUT2D eigenvalue weighted by molar-refractivity contribution is 9.10. The van der Waals surface area contributed by atoms with Gasteiger partial charge in [0.15, 0.2) is 11.3 Å². The van der Waals surface area contributed by atoms with Gasteiger partial charge in [0.25, 0.3) is 5.91 Å². The summed E-state index contributed by atoms with van der Waals surface area (Å²) in [5.74, 6) is 0.456. The van der Waals surface area contributed by atoms with Crippen LogP contribution in [-0.4, -0.2) is 24.6 Å². The quantitative estimate of drug-likeness (QED) is 0.595. The van der Waals surface area contributed by atoms with Crippen molar-refractivity contribution in [1.29, 1.82) is 0 Å². The summed E-state index contributed by atoms with van der Waals surface area (Å²) in [6.45, 7) is 1.25. The molecule has 7 nitrogen and oxygen atoms in total. The Hall–Kier alpha value is -2.61. The first-order valence-electron chi connectivity index (χ1n) is 6.60. The van der Waals surface area contributed by atoms with Gasteiger partial charge in [-0.15, -0.1) is 0 Å². The molecule has 0 aliphatic rings. The zero-order chi connectivity index (χ0) is 16.7. The maximum Gasteiger partial charge on any atom is 0.277 e. The van der Waals surface area contributed by atoms with E-state index in [0.717, 1.165) is 0 Å². The summed E-state index contributed by atoms with van der Waals surface area (Å²) in [6, 6.07) is 10.1. The fraction of sp³-hybridized carbons (Fsp3) is 0.133. The van der Waals surface area contributed by atoms with Crippen LogP contribution in [0.4, 0.5) is 5.69 Å². The molecule has 1 heterocycles. The summed E-state index contributed by atoms with van der Waals surface area (Å²) in [6.07, 6.45) is 1.38. The molecule has 1 aromatic carbocycles. The third kappa shape index (κ3) is 5.95. The van der Waals surface area contributed by atoms with Gasteiger partial charge in [-0.3, -0.25) is 9.59 Å². The minimum absolute atomic E-state index is 0.153. The van der Waals surface area contributed by atoms with Crippen molar-refractivity contribution in [2.75, 3.05) is 11.9 Å². The van der Waals surface area contributed by atoms with Crippen LogP contribution in [0.5, 0.6) is 5.75 Å². The van der Waals surface area contributed by atoms with E-state index >= 15 is 0 Å². The molecule has 0 saturated heterocycles. The summed E-state index contributed by atoms with van der Waals surface area (Å²) in [5.41, 5.74) is 2.98. The smallest absolute Gasteiger partial charge is 0.277 e. The molecule has 2 aromatic rings. The molecule has 0 atom stereocenters. The molecule has 0 aliphatic carbocycles. The number of hydrogen-bond donors (Lipinski definition) is 2. The predicted octanol–water partition coefficient (Wildman–Crippen LogP) is 2.53. The molecule has 120 valence electrons. The molecule has 0 radical (unpaired) electrons. The zero-order valence-electron chi connectivity index (χ0n) is 12.2. The highest BCUT2D eigenvalue weighted by Crippen LogP contribution is 2.15. The number of halogens is 1. The van der Waals surface area contributed by atoms with E-state index in [9.17, 15) is 9.59 Å². The molecule has 0 fully saturated rings. The van der Waals surface area contributed by atoms with Crippen molar-refractivity contribution in [3.05, 3.63) is 46.8 Å². The first kappa shape index (κ1) is 16.8. The second kappa shape index (κ2) is 8.14. The van der Waals surface area contributed by atoms with E-state index in [1.807, 2.05) is 0 Å². The van der Waals surface area contributed by atoms with Gasteiger partial charge in [-0.25, -0.2) is 5.43 Å². The monoisotopic (exact) mass is 379 g/mol. The van der Waals surface area contributed by atoms with Gasteiger partial charge in [-0.2, -0.15) is 5.10 Å². The topological polar surface area (TPSA) is 92.9 Å². The molecule has 2 amide bonds. The van der Waals surface area contributed by atoms with Gasteiger partial charge in [0.2, 0.25) is 5.91 Å². The lowest BCUT2D eigenvalue weighted by atomic mass is 10.3. The van der Waals surface area contributed by atoms with Gasteiger partial charge in [0.05, 0.1) is 6.21 Å². The summed E-state index contributed by atoms with van der Waals surface area (Å²) in [5, 5.41) is 6.38. The van der Waals surface area contributed by atoms with Crippen LogP contribution in [0.1, 0.15) is 12.7 Å². The van der Waals surface area contributed by atoms with Gasteiger partial charge in [-0.1, -0.05) is 0 Å². The predicted molar refractivity (Wildman–Crippen MR) is 88.4 cm³/mol. The van der Waals surface area contributed by atoms with Crippen molar-refractivity contribution >= 4 is 39.6 Å². The minimum atomic E-state index is -0.405. The first-order valence-corrected chi connectivity index (χ1v) is 7.40. The molecule has 23 heavy (non-hydrogen) atoms. The van der Waals surface area contributed by atoms with Crippen molar-refractivity contribution in [1.82, 2.24) is 5.43 Å². The van der Waals surface area contributed by atoms with E-state index < -0.39 is 5.91 Å². The van der Waals surface area contributed by atoms with Gasteiger partial charge < -0.3 is 14.5 Å². The largest absolute Gasteiger partial charge is 0.484 e. The lowest BCUT2D eigenvalue weighted by molar-refractivity contribution is -0.123. The maximum atomic E-state index is 11.6. The van der Waals surface area contributed by atoms with Crippen LogP contribution < -0.4 is 15.5 Å². The molecule has 1 aromatic heterocycles. The highest BCUT2D eigenvalue weighted by Gasteiger charge is 2.02. The van der Waals surface area contributed by atoms with E-state index in [4.69, 9.17) is 9.15 Å². The molecular weight excluding hydrogens is 366 g/mol. The fourth-order valence-corrected chi connectivity index (χ4v) is 1.90. The van der Waals surface area contributed by atoms with E-state index in [1.54, 1.807) is 36.4 Å². The van der Waals surface area contributed by atoms with Gasteiger partial charge in [0, 0.05) is 12.6 Å². The average Bonchev–Trinajstić information content (AvgIpc) is 2.91. The third-order valence-corrected chi connectivity index (χ3v) is 2.95. The van der Waals surface area contributed by atoms with Crippen LogP contribution in [-0.2, 0) is 9.59 Å². The Morgan fingerprint density at radius 2 is 2.00 bits per heavy atom. The Morgan fingerprint density at radius 3 is 2.61 bits per heavy atom. The van der Waals surface area contributed by atoms with Crippen LogP contribution in [0.2, 0.25) is 0 Å². The number of anilines is 1. The lowest BCUT2D eigenvalue weighted by Gasteiger charge is -2.06. The molecule has 2 rings (SSSR count). The van der Waals surface area contributed by atoms with Gasteiger partial charge >= 0.3 is 0 Å². The number of ether oxygens (including phenoxy) is 1. The number of hydrazone groups is 1. The number of carbonyl (C=O) groups excluding carboxylic acids is 2. The number of furan rings is 1. The highest BCUT2D eigenvalue weighted by atomic mass is 79.9. The van der Waals surface area contributed by atoms with Crippen LogP contribution in [0.25, 0.3) is 0 Å². The molecule has 2 N–H and O–H groups in total. The summed E-state index contributed by atoms with van der Waals surface area (Å²) in [7, 11) is 0. The summed E-state index contributed by atoms with van der Waals surface area (Å²) in [4.78, 5) is 22.5. The Bertz CT molecular complexity index is 710. The lowest BCUT2D eigenvalue weighted by Crippen LogP contribution is -2.24. The summed E-state index contributed by atoms with van der Waals surface area (Å²) < 4.78 is 11.1. The Balaban J connectivity index is 1.75. The molecule has 0 bridgehead atoms. The van der Waals surface area contributed by atoms with E-state index in [1.165, 1.54) is 13.1 Å². The van der Waals surface area contributed by atoms with E-state index in [0.29, 0.717) is 21.9 Å². The van der Waals surface area contributed by atoms with E-state index in [2.05, 4.69) is 31.8 Å². The second-order valence-corrected chi connectivity index (χ2v) is 5.21. The fourth-order valence-electron chi connectivity index (χ4n) is 1.58. The Kier molecular flexibility index (Phi) is 5.93. The standard InChI is InChI=1S/C15H14BrN3O4/c1-10(20)18-11-2-4-12(5-3-11)22-9-15(21)19-17-8-13-6-7-14(16)23-13/h2-8H,9H2,1H3,(H,18,20)(H,19,21)/b17-8+. The Labute approximate surface area is 140 Å². The number of hydrogen-bond acceptors (Lipinski definition) is 5. The van der Waals surface area contributed by atoms with E-state index in [-0.39, 0.29) is 12.5 Å². The molecule has 0 saturated carbocycles. The second-order valence-electron chi connectivity index (χ2n) is 4.43. The molecule has 0 aliphatic heterocycles. The molecular formula is C15H14BrN3O4.